The standard InChI is InChI=1S/C50H69N17O5.C28H31N5O3.C24H24N2O2.C2H7N.CH5N.CO2.H3N/c1-34(68)64(10)44(31-36-16-24-40(25-17-36)53-57-61(4)5)48(70)66(12)46(33-38-20-28-42(29-21-38)55-59-63(8)9)50(72)67(13)45(32-37-18-26-41(27-19-37)54-58-62(6)7)49(71)65(11)43(47(51)69)30-35-14-22-39(23-15-35)52-56-60(2)3;1-29-27(34)26(17-19-13-15-20(16-14-19)30-31-32(2)3)33(4)28(35)36-18-25-23-11-7-5-9-21(23)22-10-6-8-12-24(22)25;1-26(15-14-17-10-12-18(25)13-11-17)24(27)28-16-23-21-8-4-2-6-19(21)20-7-3-5-9-22(20)23;1-3-2;1-2;2-1-3;/h14-29,43-46H,30-33H2,1-13H3,(H2,51,69);5-16,25-26H,17-18H2,1-4H3,(H,29,34);2-13,23H,14-16,25H2,1H3;3H,1-2H3;2H2,1H3;;1H3/t43-,44+,45+,46-;26-;;;;;/m01...../s1. The first kappa shape index (κ1) is 117. The number of anilines is 1. The van der Waals surface area contributed by atoms with Crippen molar-refractivity contribution >= 4 is 87.9 Å². The molecule has 145 heavy (non-hydrogen) atoms. The van der Waals surface area contributed by atoms with Gasteiger partial charge in [0, 0.05) is 183 Å². The van der Waals surface area contributed by atoms with Gasteiger partial charge in [-0.3, -0.25) is 58.7 Å². The molecule has 5 atom stereocenters. The Bertz CT molecular complexity index is 5910. The Morgan fingerprint density at radius 2 is 0.586 bits per heavy atom. The van der Waals surface area contributed by atoms with Crippen LogP contribution in [-0.4, -0.2) is 299 Å². The van der Waals surface area contributed by atoms with Crippen molar-refractivity contribution in [2.45, 2.75) is 87.5 Å². The van der Waals surface area contributed by atoms with Gasteiger partial charge in [-0.25, -0.2) is 9.59 Å². The van der Waals surface area contributed by atoms with Gasteiger partial charge in [-0.05, 0) is 178 Å². The molecular formula is C106H139N27O12. The van der Waals surface area contributed by atoms with E-state index in [-0.39, 0.29) is 74.3 Å². The van der Waals surface area contributed by atoms with E-state index in [1.54, 1.807) is 226 Å². The highest BCUT2D eigenvalue weighted by molar-refractivity contribution is 5.96. The number of hydrogen-bond donors (Lipinski definition) is 6. The van der Waals surface area contributed by atoms with Gasteiger partial charge < -0.3 is 68.0 Å². The van der Waals surface area contributed by atoms with Gasteiger partial charge in [-0.15, -0.1) is 25.6 Å². The predicted molar refractivity (Wildman–Crippen MR) is 561 cm³/mol. The first-order valence-corrected chi connectivity index (χ1v) is 46.5. The lowest BCUT2D eigenvalue weighted by molar-refractivity contribution is -0.191. The fraction of sp³-hybridized carbons (Fsp3) is 0.349. The number of hydrogen-bond acceptors (Lipinski definition) is 26. The van der Waals surface area contributed by atoms with Crippen molar-refractivity contribution in [3.8, 4) is 22.3 Å². The fourth-order valence-corrected chi connectivity index (χ4v) is 15.5. The van der Waals surface area contributed by atoms with Crippen molar-refractivity contribution < 1.29 is 57.4 Å². The molecule has 0 spiro atoms. The summed E-state index contributed by atoms with van der Waals surface area (Å²) >= 11 is 0. The van der Waals surface area contributed by atoms with Crippen LogP contribution >= 0.6 is 0 Å². The zero-order valence-electron chi connectivity index (χ0n) is 86.7. The van der Waals surface area contributed by atoms with E-state index in [2.05, 4.69) is 129 Å². The summed E-state index contributed by atoms with van der Waals surface area (Å²) in [7, 11) is 33.8. The lowest BCUT2D eigenvalue weighted by atomic mass is 9.97. The smallest absolute Gasteiger partial charge is 0.410 e. The molecule has 0 fully saturated rings. The number of likely N-dealkylation sites (N-methyl/N-ethyl adjacent to an activating group) is 7. The van der Waals surface area contributed by atoms with E-state index in [0.717, 1.165) is 39.9 Å². The summed E-state index contributed by atoms with van der Waals surface area (Å²) in [5.74, 6) is -3.01. The molecule has 0 aliphatic heterocycles. The van der Waals surface area contributed by atoms with E-state index in [1.165, 1.54) is 93.0 Å². The van der Waals surface area contributed by atoms with Crippen LogP contribution in [0, 0.1) is 0 Å². The molecule has 0 unspecified atom stereocenters. The van der Waals surface area contributed by atoms with Crippen molar-refractivity contribution in [1.82, 2.24) is 71.2 Å². The van der Waals surface area contributed by atoms with Crippen molar-refractivity contribution in [3.63, 3.8) is 0 Å². The van der Waals surface area contributed by atoms with Crippen molar-refractivity contribution in [2.24, 2.45) is 63.2 Å². The quantitative estimate of drug-likeness (QED) is 0.0120. The maximum absolute atomic E-state index is 15.4. The van der Waals surface area contributed by atoms with Gasteiger partial charge in [0.2, 0.25) is 35.4 Å². The van der Waals surface area contributed by atoms with Crippen LogP contribution < -0.4 is 34.0 Å². The minimum Gasteiger partial charge on any atom is -0.448 e. The molecule has 11 N–H and O–H groups in total. The van der Waals surface area contributed by atoms with E-state index in [0.29, 0.717) is 64.7 Å². The second kappa shape index (κ2) is 59.4. The van der Waals surface area contributed by atoms with E-state index in [1.807, 2.05) is 99.0 Å². The normalized spacial score (nSPS) is 12.4. The van der Waals surface area contributed by atoms with Crippen molar-refractivity contribution in [2.75, 3.05) is 166 Å². The average Bonchev–Trinajstić information content (AvgIpc) is 1.24. The minimum atomic E-state index is -1.22. The SMILES string of the molecule is CC(=O)N(C)[C@H](Cc1ccc(N=NN(C)C)cc1)C(=O)N(C)[C@@H](Cc1ccc(N=NN(C)C)cc1)C(=O)N(C)[C@H](Cc1ccc(N=NN(C)C)cc1)C(=O)N(C)[C@@H](Cc1ccc(N=NN(C)C)cc1)C(N)=O.CN.CN(CCc1ccc(N)cc1)C(=O)OCC1c2ccccc2-c2ccccc21.CNC.CNC(=O)[C@@H](Cc1ccc(N=NN(C)C)cc1)N(C)C(=O)OCC1c2ccccc2-c2ccccc21.N.O=C=O. The fourth-order valence-electron chi connectivity index (χ4n) is 15.5. The number of amides is 8. The highest BCUT2D eigenvalue weighted by Crippen LogP contribution is 2.46. The lowest BCUT2D eigenvalue weighted by Crippen LogP contribution is -2.60. The first-order valence-electron chi connectivity index (χ1n) is 46.5. The zero-order valence-corrected chi connectivity index (χ0v) is 86.7. The number of fused-ring (bicyclic) bond motifs is 6. The molecule has 39 nitrogen and oxygen atoms in total. The summed E-state index contributed by atoms with van der Waals surface area (Å²) in [5, 5.41) is 54.4. The van der Waals surface area contributed by atoms with E-state index >= 15 is 9.59 Å². The summed E-state index contributed by atoms with van der Waals surface area (Å²) in [4.78, 5) is 135. The number of nitrogen functional groups attached to an aromatic ring is 1. The Hall–Kier alpha value is -16.4. The molecule has 2 aliphatic rings. The minimum absolute atomic E-state index is 0. The van der Waals surface area contributed by atoms with Crippen LogP contribution in [0.2, 0.25) is 0 Å². The van der Waals surface area contributed by atoms with Gasteiger partial charge in [0.25, 0.3) is 0 Å². The van der Waals surface area contributed by atoms with Gasteiger partial charge >= 0.3 is 18.3 Å². The number of nitrogens with two attached hydrogens (primary N) is 3. The number of nitrogens with zero attached hydrogens (tertiary/aromatic N) is 21. The summed E-state index contributed by atoms with van der Waals surface area (Å²) in [6, 6.07) is 71.2. The second-order valence-corrected chi connectivity index (χ2v) is 34.8. The maximum Gasteiger partial charge on any atom is 0.410 e. The third-order valence-corrected chi connectivity index (χ3v) is 23.1. The number of ether oxygens (including phenoxy) is 2. The Morgan fingerprint density at radius 3 is 0.848 bits per heavy atom. The molecule has 10 aromatic carbocycles. The van der Waals surface area contributed by atoms with E-state index in [9.17, 15) is 28.8 Å². The van der Waals surface area contributed by atoms with Crippen LogP contribution in [0.5, 0.6) is 0 Å². The van der Waals surface area contributed by atoms with Crippen LogP contribution in [0.1, 0.15) is 74.4 Å². The van der Waals surface area contributed by atoms with E-state index < -0.39 is 59.9 Å². The summed E-state index contributed by atoms with van der Waals surface area (Å²) < 4.78 is 11.4. The number of carbonyl (C=O) groups excluding carboxylic acids is 10. The first-order chi connectivity index (χ1) is 68.9. The molecule has 770 valence electrons. The molecule has 0 saturated carbocycles. The Balaban J connectivity index is 0.000000361. The molecule has 0 heterocycles. The topological polar surface area (TPSA) is 486 Å². The molecule has 39 heteroatoms. The van der Waals surface area contributed by atoms with E-state index in [4.69, 9.17) is 30.5 Å². The van der Waals surface area contributed by atoms with Gasteiger partial charge in [-0.1, -0.05) is 196 Å². The summed E-state index contributed by atoms with van der Waals surface area (Å²) in [6.07, 6.45) is 0.709. The number of benzene rings is 10. The van der Waals surface area contributed by atoms with Gasteiger partial charge in [0.1, 0.15) is 43.4 Å². The highest BCUT2D eigenvalue weighted by Gasteiger charge is 2.42. The number of carbonyl (C=O) groups is 8. The number of rotatable bonds is 37. The predicted octanol–water partition coefficient (Wildman–Crippen LogP) is 14.5. The molecule has 8 amide bonds. The maximum atomic E-state index is 15.4. The highest BCUT2D eigenvalue weighted by atomic mass is 16.6. The molecular weight excluding hydrogens is 1840 g/mol. The second-order valence-electron chi connectivity index (χ2n) is 34.8. The Morgan fingerprint density at radius 1 is 0.345 bits per heavy atom. The molecule has 0 bridgehead atoms. The van der Waals surface area contributed by atoms with Gasteiger partial charge in [0.05, 0.1) is 28.4 Å². The Labute approximate surface area is 849 Å². The van der Waals surface area contributed by atoms with Crippen molar-refractivity contribution in [3.05, 3.63) is 298 Å². The summed E-state index contributed by atoms with van der Waals surface area (Å²) in [5.41, 5.74) is 34.3. The zero-order chi connectivity index (χ0) is 106. The average molecular weight is 1980 g/mol. The number of nitrogens with one attached hydrogen (secondary N) is 2. The van der Waals surface area contributed by atoms with Gasteiger partial charge in [0.15, 0.2) is 0 Å². The molecule has 0 saturated heterocycles. The van der Waals surface area contributed by atoms with Crippen LogP contribution in [0.3, 0.4) is 0 Å². The van der Waals surface area contributed by atoms with Crippen LogP contribution in [0.15, 0.2) is 294 Å². The molecule has 2 aliphatic carbocycles. The molecule has 0 aromatic heterocycles. The third kappa shape index (κ3) is 35.7. The summed E-state index contributed by atoms with van der Waals surface area (Å²) in [6.45, 7) is 2.51. The monoisotopic (exact) mass is 1980 g/mol. The lowest BCUT2D eigenvalue weighted by Gasteiger charge is -2.39. The third-order valence-electron chi connectivity index (χ3n) is 23.1. The molecule has 0 radical (unpaired) electrons. The van der Waals surface area contributed by atoms with Crippen LogP contribution in [-0.2, 0) is 86.4 Å². The van der Waals surface area contributed by atoms with Crippen molar-refractivity contribution in [1.29, 1.82) is 0 Å². The van der Waals surface area contributed by atoms with Crippen LogP contribution in [0.25, 0.3) is 22.3 Å². The molecule has 12 rings (SSSR count). The van der Waals surface area contributed by atoms with Crippen LogP contribution in [0.4, 0.5) is 43.7 Å². The molecule has 10 aromatic rings. The largest absolute Gasteiger partial charge is 0.448 e. The number of primary amides is 1. The van der Waals surface area contributed by atoms with Gasteiger partial charge in [-0.2, -0.15) is 9.59 Å². The Kier molecular flexibility index (Phi) is 48.1.